The van der Waals surface area contributed by atoms with Crippen LogP contribution in [0.5, 0.6) is 0 Å². The summed E-state index contributed by atoms with van der Waals surface area (Å²) in [4.78, 5) is 0. The van der Waals surface area contributed by atoms with Gasteiger partial charge >= 0.3 is 0 Å². The number of hydrogen-bond acceptors (Lipinski definition) is 0. The van der Waals surface area contributed by atoms with Crippen LogP contribution in [0.2, 0.25) is 0 Å². The van der Waals surface area contributed by atoms with E-state index in [1.807, 2.05) is 25.1 Å². The molecule has 0 heterocycles. The minimum absolute atomic E-state index is 0.163. The Hall–Kier alpha value is -1.18. The number of halogens is 2. The number of alkyl halides is 2. The zero-order chi connectivity index (χ0) is 10.6. The van der Waals surface area contributed by atoms with E-state index in [1.54, 1.807) is 6.07 Å². The molecule has 0 amide bonds. The Morgan fingerprint density at radius 2 is 2.00 bits per heavy atom. The highest BCUT2D eigenvalue weighted by molar-refractivity contribution is 5.26. The van der Waals surface area contributed by atoms with E-state index < -0.39 is 6.43 Å². The third-order valence-corrected chi connectivity index (χ3v) is 1.89. The largest absolute Gasteiger partial charge is 0.242 e. The predicted octanol–water partition coefficient (Wildman–Crippen LogP) is 3.61. The molecule has 0 saturated carbocycles. The molecule has 0 aliphatic heterocycles. The first kappa shape index (κ1) is 10.9. The van der Waals surface area contributed by atoms with Crippen molar-refractivity contribution >= 4 is 0 Å². The van der Waals surface area contributed by atoms with Crippen LogP contribution >= 0.6 is 0 Å². The summed E-state index contributed by atoms with van der Waals surface area (Å²) in [7, 11) is 0. The van der Waals surface area contributed by atoms with Gasteiger partial charge in [0.25, 0.3) is 0 Å². The Morgan fingerprint density at radius 1 is 1.36 bits per heavy atom. The lowest BCUT2D eigenvalue weighted by Crippen LogP contribution is -1.97. The molecular formula is C12H14F2. The van der Waals surface area contributed by atoms with E-state index in [-0.39, 0.29) is 6.42 Å². The third-order valence-electron chi connectivity index (χ3n) is 1.89. The van der Waals surface area contributed by atoms with Gasteiger partial charge in [0.05, 0.1) is 0 Å². The van der Waals surface area contributed by atoms with Crippen molar-refractivity contribution < 1.29 is 8.78 Å². The SMILES string of the molecule is C=C(C)Cc1cccc(CC(F)F)c1. The molecule has 0 saturated heterocycles. The minimum Gasteiger partial charge on any atom is -0.210 e. The summed E-state index contributed by atoms with van der Waals surface area (Å²) in [6, 6.07) is 7.30. The summed E-state index contributed by atoms with van der Waals surface area (Å²) in [6.07, 6.45) is -1.67. The number of allylic oxidation sites excluding steroid dienone is 1. The molecule has 0 spiro atoms. The molecule has 0 nitrogen and oxygen atoms in total. The molecule has 1 aromatic rings. The lowest BCUT2D eigenvalue weighted by Gasteiger charge is -2.04. The highest BCUT2D eigenvalue weighted by atomic mass is 19.3. The van der Waals surface area contributed by atoms with E-state index in [0.717, 1.165) is 17.6 Å². The van der Waals surface area contributed by atoms with Crippen molar-refractivity contribution in [2.45, 2.75) is 26.2 Å². The summed E-state index contributed by atoms with van der Waals surface area (Å²) < 4.78 is 24.2. The van der Waals surface area contributed by atoms with Crippen LogP contribution in [0.1, 0.15) is 18.1 Å². The van der Waals surface area contributed by atoms with Crippen molar-refractivity contribution in [3.63, 3.8) is 0 Å². The van der Waals surface area contributed by atoms with Crippen LogP contribution in [0.3, 0.4) is 0 Å². The van der Waals surface area contributed by atoms with Gasteiger partial charge in [0.1, 0.15) is 0 Å². The van der Waals surface area contributed by atoms with Crippen molar-refractivity contribution in [1.29, 1.82) is 0 Å². The van der Waals surface area contributed by atoms with Gasteiger partial charge in [0.15, 0.2) is 0 Å². The fraction of sp³-hybridized carbons (Fsp3) is 0.333. The van der Waals surface area contributed by atoms with Gasteiger partial charge in [-0.2, -0.15) is 0 Å². The molecule has 0 aromatic heterocycles. The smallest absolute Gasteiger partial charge is 0.210 e. The summed E-state index contributed by atoms with van der Waals surface area (Å²) in [5.74, 6) is 0. The second-order valence-electron chi connectivity index (χ2n) is 3.55. The van der Waals surface area contributed by atoms with Gasteiger partial charge in [-0.3, -0.25) is 0 Å². The summed E-state index contributed by atoms with van der Waals surface area (Å²) in [5.41, 5.74) is 2.79. The van der Waals surface area contributed by atoms with Gasteiger partial charge in [0, 0.05) is 6.42 Å². The molecule has 14 heavy (non-hydrogen) atoms. The van der Waals surface area contributed by atoms with Crippen LogP contribution < -0.4 is 0 Å². The molecule has 1 aromatic carbocycles. The Morgan fingerprint density at radius 3 is 2.57 bits per heavy atom. The van der Waals surface area contributed by atoms with Crippen molar-refractivity contribution in [3.05, 3.63) is 47.5 Å². The van der Waals surface area contributed by atoms with Crippen LogP contribution in [0.4, 0.5) is 8.78 Å². The Labute approximate surface area is 83.3 Å². The van der Waals surface area contributed by atoms with E-state index in [9.17, 15) is 8.78 Å². The lowest BCUT2D eigenvalue weighted by molar-refractivity contribution is 0.149. The topological polar surface area (TPSA) is 0 Å². The Balaban J connectivity index is 2.73. The Kier molecular flexibility index (Phi) is 3.81. The van der Waals surface area contributed by atoms with Gasteiger partial charge in [-0.15, -0.1) is 0 Å². The zero-order valence-corrected chi connectivity index (χ0v) is 8.26. The molecule has 76 valence electrons. The van der Waals surface area contributed by atoms with Crippen LogP contribution in [-0.2, 0) is 12.8 Å². The standard InChI is InChI=1S/C12H14F2/c1-9(2)6-10-4-3-5-11(7-10)8-12(13)14/h3-5,7,12H,1,6,8H2,2H3. The van der Waals surface area contributed by atoms with Crippen LogP contribution in [-0.4, -0.2) is 6.43 Å². The third kappa shape index (κ3) is 3.69. The molecule has 2 heteroatoms. The normalized spacial score (nSPS) is 10.6. The number of rotatable bonds is 4. The van der Waals surface area contributed by atoms with Crippen molar-refractivity contribution in [2.24, 2.45) is 0 Å². The minimum atomic E-state index is -2.27. The average Bonchev–Trinajstić information content (AvgIpc) is 2.01. The van der Waals surface area contributed by atoms with Crippen molar-refractivity contribution in [2.75, 3.05) is 0 Å². The molecule has 0 fully saturated rings. The maximum atomic E-state index is 12.1. The quantitative estimate of drug-likeness (QED) is 0.645. The first-order valence-electron chi connectivity index (χ1n) is 4.58. The van der Waals surface area contributed by atoms with Crippen LogP contribution in [0.25, 0.3) is 0 Å². The lowest BCUT2D eigenvalue weighted by atomic mass is 10.0. The zero-order valence-electron chi connectivity index (χ0n) is 8.26. The van der Waals surface area contributed by atoms with E-state index in [1.165, 1.54) is 0 Å². The fourth-order valence-corrected chi connectivity index (χ4v) is 1.39. The summed E-state index contributed by atoms with van der Waals surface area (Å²) >= 11 is 0. The van der Waals surface area contributed by atoms with Gasteiger partial charge in [-0.05, 0) is 24.5 Å². The predicted molar refractivity (Wildman–Crippen MR) is 54.7 cm³/mol. The fourth-order valence-electron chi connectivity index (χ4n) is 1.39. The number of benzene rings is 1. The van der Waals surface area contributed by atoms with Gasteiger partial charge < -0.3 is 0 Å². The molecule has 0 aliphatic rings. The number of hydrogen-bond donors (Lipinski definition) is 0. The van der Waals surface area contributed by atoms with Crippen molar-refractivity contribution in [1.82, 2.24) is 0 Å². The molecule has 1 rings (SSSR count). The van der Waals surface area contributed by atoms with Crippen molar-refractivity contribution in [3.8, 4) is 0 Å². The second kappa shape index (κ2) is 4.89. The summed E-state index contributed by atoms with van der Waals surface area (Å²) in [6.45, 7) is 5.72. The molecule has 0 aliphatic carbocycles. The van der Waals surface area contributed by atoms with E-state index >= 15 is 0 Å². The van der Waals surface area contributed by atoms with E-state index in [4.69, 9.17) is 0 Å². The maximum absolute atomic E-state index is 12.1. The molecule has 0 radical (unpaired) electrons. The second-order valence-corrected chi connectivity index (χ2v) is 3.55. The van der Waals surface area contributed by atoms with Crippen LogP contribution in [0.15, 0.2) is 36.4 Å². The molecule has 0 atom stereocenters. The molecule has 0 bridgehead atoms. The van der Waals surface area contributed by atoms with Crippen LogP contribution in [0, 0.1) is 0 Å². The van der Waals surface area contributed by atoms with Gasteiger partial charge in [-0.25, -0.2) is 8.78 Å². The summed E-state index contributed by atoms with van der Waals surface area (Å²) in [5, 5.41) is 0. The monoisotopic (exact) mass is 196 g/mol. The molecule has 0 unspecified atom stereocenters. The van der Waals surface area contributed by atoms with Gasteiger partial charge in [-0.1, -0.05) is 36.4 Å². The molecule has 0 N–H and O–H groups in total. The molecular weight excluding hydrogens is 182 g/mol. The highest BCUT2D eigenvalue weighted by Crippen LogP contribution is 2.12. The average molecular weight is 196 g/mol. The highest BCUT2D eigenvalue weighted by Gasteiger charge is 2.04. The van der Waals surface area contributed by atoms with E-state index in [0.29, 0.717) is 5.56 Å². The maximum Gasteiger partial charge on any atom is 0.242 e. The van der Waals surface area contributed by atoms with E-state index in [2.05, 4.69) is 6.58 Å². The Bertz CT molecular complexity index is 316. The first-order valence-corrected chi connectivity index (χ1v) is 4.58. The first-order chi connectivity index (χ1) is 6.58. The van der Waals surface area contributed by atoms with Gasteiger partial charge in [0.2, 0.25) is 6.43 Å².